The van der Waals surface area contributed by atoms with Crippen LogP contribution in [0, 0.1) is 0 Å². The second-order valence-electron chi connectivity index (χ2n) is 8.88. The Kier molecular flexibility index (Phi) is 8.49. The first-order valence-electron chi connectivity index (χ1n) is 10.8. The maximum atomic E-state index is 12.6. The Morgan fingerprint density at radius 2 is 1.90 bits per heavy atom. The molecule has 2 rings (SSSR count). The van der Waals surface area contributed by atoms with Gasteiger partial charge in [-0.3, -0.25) is 25.3 Å². The molecule has 2 aliphatic heterocycles. The number of nitrogens with zero attached hydrogens (tertiary/aromatic N) is 3. The molecule has 2 aliphatic rings. The maximum Gasteiger partial charge on any atom is 0.410 e. The first-order chi connectivity index (χ1) is 14.5. The van der Waals surface area contributed by atoms with Gasteiger partial charge in [-0.25, -0.2) is 9.59 Å². The van der Waals surface area contributed by atoms with E-state index in [1.54, 1.807) is 20.8 Å². The molecule has 0 radical (unpaired) electrons. The lowest BCUT2D eigenvalue weighted by atomic mass is 10.0. The highest BCUT2D eigenvalue weighted by atomic mass is 16.7. The zero-order chi connectivity index (χ0) is 23.2. The van der Waals surface area contributed by atoms with E-state index < -0.39 is 29.6 Å². The average molecular weight is 442 g/mol. The Bertz CT molecular complexity index is 679. The number of hydrazine groups is 1. The Hall–Kier alpha value is -2.56. The number of nitrogens with one attached hydrogen (secondary N) is 2. The van der Waals surface area contributed by atoms with Crippen molar-refractivity contribution in [1.82, 2.24) is 25.7 Å². The summed E-state index contributed by atoms with van der Waals surface area (Å²) in [4.78, 5) is 57.5. The third-order valence-corrected chi connectivity index (χ3v) is 5.06. The van der Waals surface area contributed by atoms with Gasteiger partial charge in [0.15, 0.2) is 0 Å². The first-order valence-corrected chi connectivity index (χ1v) is 10.8. The van der Waals surface area contributed by atoms with Crippen molar-refractivity contribution in [2.24, 2.45) is 0 Å². The van der Waals surface area contributed by atoms with Gasteiger partial charge in [0.1, 0.15) is 11.6 Å². The van der Waals surface area contributed by atoms with Crippen molar-refractivity contribution >= 4 is 23.9 Å². The summed E-state index contributed by atoms with van der Waals surface area (Å²) in [5.41, 5.74) is 4.12. The number of fused-ring (bicyclic) bond motifs is 2. The lowest BCUT2D eigenvalue weighted by molar-refractivity contribution is -0.132. The summed E-state index contributed by atoms with van der Waals surface area (Å²) in [6.45, 7) is 8.36. The Labute approximate surface area is 183 Å². The molecule has 2 N–H and O–H groups in total. The monoisotopic (exact) mass is 441 g/mol. The number of urea groups is 1. The van der Waals surface area contributed by atoms with Crippen LogP contribution in [-0.4, -0.2) is 83.2 Å². The lowest BCUT2D eigenvalue weighted by Gasteiger charge is -2.29. The summed E-state index contributed by atoms with van der Waals surface area (Å²) in [5, 5.41) is 1.38. The molecular formula is C20H35N5O6. The van der Waals surface area contributed by atoms with Crippen LogP contribution in [-0.2, 0) is 19.2 Å². The molecule has 0 aromatic rings. The SMILES string of the molecule is CCCCON1C(=O)N2CC1CC[C@H]2C(=O)NNC(=O)CCN(C)C(=O)OC(C)(C)C. The van der Waals surface area contributed by atoms with Crippen LogP contribution in [0.25, 0.3) is 0 Å². The third-order valence-electron chi connectivity index (χ3n) is 5.06. The van der Waals surface area contributed by atoms with Gasteiger partial charge in [0.05, 0.1) is 12.6 Å². The largest absolute Gasteiger partial charge is 0.444 e. The van der Waals surface area contributed by atoms with E-state index in [1.165, 1.54) is 21.9 Å². The van der Waals surface area contributed by atoms with Crippen molar-refractivity contribution in [3.63, 3.8) is 0 Å². The molecule has 2 bridgehead atoms. The van der Waals surface area contributed by atoms with E-state index in [4.69, 9.17) is 9.57 Å². The van der Waals surface area contributed by atoms with Gasteiger partial charge >= 0.3 is 12.1 Å². The molecule has 2 fully saturated rings. The predicted molar refractivity (Wildman–Crippen MR) is 111 cm³/mol. The highest BCUT2D eigenvalue weighted by Crippen LogP contribution is 2.30. The summed E-state index contributed by atoms with van der Waals surface area (Å²) in [5.74, 6) is -0.897. The zero-order valence-electron chi connectivity index (χ0n) is 19.1. The van der Waals surface area contributed by atoms with Crippen molar-refractivity contribution in [1.29, 1.82) is 0 Å². The van der Waals surface area contributed by atoms with Crippen molar-refractivity contribution in [2.45, 2.75) is 77.5 Å². The Morgan fingerprint density at radius 1 is 1.19 bits per heavy atom. The van der Waals surface area contributed by atoms with Crippen molar-refractivity contribution in [3.8, 4) is 0 Å². The predicted octanol–water partition coefficient (Wildman–Crippen LogP) is 1.39. The smallest absolute Gasteiger partial charge is 0.410 e. The summed E-state index contributed by atoms with van der Waals surface area (Å²) in [7, 11) is 1.53. The molecule has 176 valence electrons. The van der Waals surface area contributed by atoms with E-state index in [1.807, 2.05) is 6.92 Å². The number of carbonyl (C=O) groups is 4. The van der Waals surface area contributed by atoms with E-state index in [0.29, 0.717) is 26.0 Å². The van der Waals surface area contributed by atoms with E-state index in [-0.39, 0.29) is 25.0 Å². The van der Waals surface area contributed by atoms with Crippen molar-refractivity contribution in [3.05, 3.63) is 0 Å². The number of rotatable bonds is 8. The van der Waals surface area contributed by atoms with Gasteiger partial charge in [-0.15, -0.1) is 0 Å². The average Bonchev–Trinajstić information content (AvgIpc) is 2.93. The normalized spacial score (nSPS) is 20.5. The number of piperidine rings is 1. The van der Waals surface area contributed by atoms with Crippen LogP contribution in [0.4, 0.5) is 9.59 Å². The Balaban J connectivity index is 1.75. The van der Waals surface area contributed by atoms with Gasteiger partial charge < -0.3 is 14.5 Å². The highest BCUT2D eigenvalue weighted by Gasteiger charge is 2.47. The molecule has 0 spiro atoms. The zero-order valence-corrected chi connectivity index (χ0v) is 19.1. The number of hydrogen-bond donors (Lipinski definition) is 2. The number of unbranched alkanes of at least 4 members (excludes halogenated alkanes) is 1. The molecule has 0 saturated carbocycles. The van der Waals surface area contributed by atoms with Gasteiger partial charge in [-0.05, 0) is 40.0 Å². The fraction of sp³-hybridized carbons (Fsp3) is 0.800. The second kappa shape index (κ2) is 10.7. The van der Waals surface area contributed by atoms with Gasteiger partial charge in [0.25, 0.3) is 5.91 Å². The molecule has 2 heterocycles. The molecule has 11 nitrogen and oxygen atoms in total. The first kappa shape index (κ1) is 24.7. The quantitative estimate of drug-likeness (QED) is 0.434. The van der Waals surface area contributed by atoms with Gasteiger partial charge in [-0.2, -0.15) is 5.06 Å². The number of hydrogen-bond acceptors (Lipinski definition) is 6. The highest BCUT2D eigenvalue weighted by molar-refractivity contribution is 5.90. The van der Waals surface area contributed by atoms with E-state index >= 15 is 0 Å². The van der Waals surface area contributed by atoms with Crippen molar-refractivity contribution in [2.75, 3.05) is 26.7 Å². The second-order valence-corrected chi connectivity index (χ2v) is 8.88. The number of ether oxygens (including phenoxy) is 1. The van der Waals surface area contributed by atoms with Crippen LogP contribution in [0.1, 0.15) is 59.8 Å². The van der Waals surface area contributed by atoms with Gasteiger partial charge in [-0.1, -0.05) is 13.3 Å². The topological polar surface area (TPSA) is 121 Å². The fourth-order valence-electron chi connectivity index (χ4n) is 3.36. The van der Waals surface area contributed by atoms with Crippen molar-refractivity contribution < 1.29 is 28.8 Å². The molecule has 31 heavy (non-hydrogen) atoms. The van der Waals surface area contributed by atoms with Crippen LogP contribution in [0.3, 0.4) is 0 Å². The minimum absolute atomic E-state index is 0.00947. The van der Waals surface area contributed by atoms with Crippen LogP contribution in [0.5, 0.6) is 0 Å². The van der Waals surface area contributed by atoms with E-state index in [2.05, 4.69) is 10.9 Å². The maximum absolute atomic E-state index is 12.6. The van der Waals surface area contributed by atoms with E-state index in [0.717, 1.165) is 12.8 Å². The lowest BCUT2D eigenvalue weighted by Crippen LogP contribution is -2.54. The van der Waals surface area contributed by atoms with Crippen LogP contribution in [0.2, 0.25) is 0 Å². The van der Waals surface area contributed by atoms with Gasteiger partial charge in [0.2, 0.25) is 5.91 Å². The molecule has 11 heteroatoms. The summed E-state index contributed by atoms with van der Waals surface area (Å²) >= 11 is 0. The molecule has 2 atom stereocenters. The molecule has 0 aliphatic carbocycles. The molecule has 5 amide bonds. The minimum atomic E-state index is -0.659. The standard InChI is InChI=1S/C20H35N5O6/c1-6-7-12-30-25-14-8-9-15(24(13-14)18(25)28)17(27)22-21-16(26)10-11-23(5)19(29)31-20(2,3)4/h14-15H,6-13H2,1-5H3,(H,21,26)(H,22,27)/t14?,15-/m0/s1. The number of carbonyl (C=O) groups excluding carboxylic acids is 4. The van der Waals surface area contributed by atoms with Gasteiger partial charge in [0, 0.05) is 26.6 Å². The molecular weight excluding hydrogens is 406 g/mol. The fourth-order valence-corrected chi connectivity index (χ4v) is 3.36. The molecule has 1 unspecified atom stereocenters. The summed E-state index contributed by atoms with van der Waals surface area (Å²) < 4.78 is 5.22. The Morgan fingerprint density at radius 3 is 2.55 bits per heavy atom. The van der Waals surface area contributed by atoms with E-state index in [9.17, 15) is 19.2 Å². The van der Waals surface area contributed by atoms with Crippen LogP contribution in [0.15, 0.2) is 0 Å². The van der Waals surface area contributed by atoms with Crippen LogP contribution >= 0.6 is 0 Å². The minimum Gasteiger partial charge on any atom is -0.444 e. The molecule has 0 aromatic heterocycles. The third kappa shape index (κ3) is 6.98. The molecule has 0 aromatic carbocycles. The number of amides is 5. The number of hydroxylamine groups is 2. The molecule has 2 saturated heterocycles. The summed E-state index contributed by atoms with van der Waals surface area (Å²) in [6.07, 6.45) is 2.43. The summed E-state index contributed by atoms with van der Waals surface area (Å²) in [6, 6.07) is -1.02. The van der Waals surface area contributed by atoms with Crippen LogP contribution < -0.4 is 10.9 Å².